The lowest BCUT2D eigenvalue weighted by Crippen LogP contribution is -2.06. The lowest BCUT2D eigenvalue weighted by atomic mass is 10.0. The summed E-state index contributed by atoms with van der Waals surface area (Å²) in [6, 6.07) is 1.98. The highest BCUT2D eigenvalue weighted by atomic mass is 35.5. The Labute approximate surface area is 90.5 Å². The van der Waals surface area contributed by atoms with Gasteiger partial charge in [0, 0.05) is 0 Å². The van der Waals surface area contributed by atoms with Gasteiger partial charge in [-0.1, -0.05) is 11.6 Å². The van der Waals surface area contributed by atoms with Gasteiger partial charge in [-0.15, -0.1) is 0 Å². The summed E-state index contributed by atoms with van der Waals surface area (Å²) >= 11 is 5.41. The molecule has 0 bridgehead atoms. The van der Waals surface area contributed by atoms with Crippen molar-refractivity contribution in [2.45, 2.75) is 18.8 Å². The van der Waals surface area contributed by atoms with Crippen LogP contribution in [0, 0.1) is 28.9 Å². The molecule has 1 unspecified atom stereocenters. The maximum atomic E-state index is 13.5. The summed E-state index contributed by atoms with van der Waals surface area (Å²) in [6.07, 6.45) is 2.62. The van der Waals surface area contributed by atoms with Gasteiger partial charge in [0.15, 0.2) is 11.6 Å². The first-order valence-electron chi connectivity index (χ1n) is 4.54. The third-order valence-electron chi connectivity index (χ3n) is 2.47. The van der Waals surface area contributed by atoms with E-state index in [-0.39, 0.29) is 11.6 Å². The van der Waals surface area contributed by atoms with Crippen LogP contribution in [0.25, 0.3) is 0 Å². The summed E-state index contributed by atoms with van der Waals surface area (Å²) in [5.41, 5.74) is -0.0357. The van der Waals surface area contributed by atoms with Crippen molar-refractivity contribution in [1.29, 1.82) is 5.26 Å². The zero-order valence-corrected chi connectivity index (χ0v) is 8.43. The predicted molar refractivity (Wildman–Crippen MR) is 50.2 cm³/mol. The summed E-state index contributed by atoms with van der Waals surface area (Å²) in [7, 11) is 0. The third kappa shape index (κ3) is 1.80. The van der Waals surface area contributed by atoms with Gasteiger partial charge in [-0.05, 0) is 18.8 Å². The minimum Gasteiger partial charge on any atom is -0.254 e. The minimum atomic E-state index is -0.907. The summed E-state index contributed by atoms with van der Waals surface area (Å²) in [4.78, 5) is 3.61. The molecule has 0 aliphatic heterocycles. The SMILES string of the molecule is N#CC(c1ncc(F)c(Cl)c1F)C1CC1. The molecule has 0 N–H and O–H groups in total. The van der Waals surface area contributed by atoms with Crippen molar-refractivity contribution in [2.75, 3.05) is 0 Å². The molecule has 2 nitrogen and oxygen atoms in total. The van der Waals surface area contributed by atoms with Crippen molar-refractivity contribution in [3.05, 3.63) is 28.5 Å². The van der Waals surface area contributed by atoms with Gasteiger partial charge < -0.3 is 0 Å². The van der Waals surface area contributed by atoms with Gasteiger partial charge in [0.2, 0.25) is 0 Å². The van der Waals surface area contributed by atoms with Gasteiger partial charge in [0.1, 0.15) is 5.02 Å². The van der Waals surface area contributed by atoms with E-state index in [4.69, 9.17) is 16.9 Å². The van der Waals surface area contributed by atoms with E-state index in [0.717, 1.165) is 19.0 Å². The second-order valence-corrected chi connectivity index (χ2v) is 3.94. The molecule has 15 heavy (non-hydrogen) atoms. The molecule has 2 rings (SSSR count). The van der Waals surface area contributed by atoms with Crippen LogP contribution in [0.2, 0.25) is 5.02 Å². The second kappa shape index (κ2) is 3.74. The highest BCUT2D eigenvalue weighted by Gasteiger charge is 2.35. The van der Waals surface area contributed by atoms with Crippen LogP contribution < -0.4 is 0 Å². The molecule has 1 aliphatic rings. The van der Waals surface area contributed by atoms with Crippen molar-refractivity contribution < 1.29 is 8.78 Å². The van der Waals surface area contributed by atoms with Gasteiger partial charge in [-0.3, -0.25) is 4.98 Å². The van der Waals surface area contributed by atoms with E-state index in [1.165, 1.54) is 0 Å². The highest BCUT2D eigenvalue weighted by molar-refractivity contribution is 6.30. The number of halogens is 3. The predicted octanol–water partition coefficient (Wildman–Crippen LogP) is 3.03. The normalized spacial score (nSPS) is 17.2. The van der Waals surface area contributed by atoms with E-state index in [2.05, 4.69) is 4.98 Å². The van der Waals surface area contributed by atoms with Crippen LogP contribution in [-0.2, 0) is 0 Å². The average Bonchev–Trinajstić information content (AvgIpc) is 3.03. The van der Waals surface area contributed by atoms with E-state index in [9.17, 15) is 8.78 Å². The molecule has 0 spiro atoms. The van der Waals surface area contributed by atoms with Crippen molar-refractivity contribution >= 4 is 11.6 Å². The molecule has 78 valence electrons. The van der Waals surface area contributed by atoms with Crippen molar-refractivity contribution in [1.82, 2.24) is 4.98 Å². The van der Waals surface area contributed by atoms with Crippen LogP contribution in [0.4, 0.5) is 8.78 Å². The van der Waals surface area contributed by atoms with Crippen molar-refractivity contribution in [2.24, 2.45) is 5.92 Å². The second-order valence-electron chi connectivity index (χ2n) is 3.56. The van der Waals surface area contributed by atoms with Gasteiger partial charge in [-0.2, -0.15) is 5.26 Å². The molecule has 1 aromatic rings. The highest BCUT2D eigenvalue weighted by Crippen LogP contribution is 2.42. The number of rotatable bonds is 2. The smallest absolute Gasteiger partial charge is 0.167 e. The van der Waals surface area contributed by atoms with Crippen molar-refractivity contribution in [3.63, 3.8) is 0 Å². The van der Waals surface area contributed by atoms with E-state index in [1.54, 1.807) is 0 Å². The zero-order chi connectivity index (χ0) is 11.0. The number of nitriles is 1. The molecule has 0 aromatic carbocycles. The largest absolute Gasteiger partial charge is 0.254 e. The van der Waals surface area contributed by atoms with Gasteiger partial charge in [-0.25, -0.2) is 8.78 Å². The minimum absolute atomic E-state index is 0.0357. The summed E-state index contributed by atoms with van der Waals surface area (Å²) < 4.78 is 26.3. The quantitative estimate of drug-likeness (QED) is 0.780. The van der Waals surface area contributed by atoms with Gasteiger partial charge in [0.05, 0.1) is 23.9 Å². The first-order chi connectivity index (χ1) is 7.15. The average molecular weight is 229 g/mol. The number of nitrogens with zero attached hydrogens (tertiary/aromatic N) is 2. The molecule has 1 fully saturated rings. The van der Waals surface area contributed by atoms with Crippen LogP contribution in [0.3, 0.4) is 0 Å². The van der Waals surface area contributed by atoms with Crippen LogP contribution in [-0.4, -0.2) is 4.98 Å². The van der Waals surface area contributed by atoms with Gasteiger partial charge in [0.25, 0.3) is 0 Å². The van der Waals surface area contributed by atoms with E-state index >= 15 is 0 Å². The maximum Gasteiger partial charge on any atom is 0.167 e. The van der Waals surface area contributed by atoms with Crippen LogP contribution >= 0.6 is 11.6 Å². The molecule has 1 aliphatic carbocycles. The Morgan fingerprint density at radius 2 is 2.20 bits per heavy atom. The summed E-state index contributed by atoms with van der Waals surface area (Å²) in [5.74, 6) is -2.28. The standard InChI is InChI=1S/C10H7ClF2N2/c11-8-7(12)4-15-10(9(8)13)6(3-14)5-1-2-5/h4-6H,1-2H2. The zero-order valence-electron chi connectivity index (χ0n) is 7.67. The Hall–Kier alpha value is -1.21. The molecule has 0 radical (unpaired) electrons. The summed E-state index contributed by atoms with van der Waals surface area (Å²) in [5, 5.41) is 8.30. The first-order valence-corrected chi connectivity index (χ1v) is 4.92. The molecule has 0 amide bonds. The topological polar surface area (TPSA) is 36.7 Å². The number of aromatic nitrogens is 1. The van der Waals surface area contributed by atoms with E-state index < -0.39 is 22.6 Å². The number of hydrogen-bond donors (Lipinski definition) is 0. The molecule has 0 saturated heterocycles. The lowest BCUT2D eigenvalue weighted by molar-refractivity contribution is 0.542. The van der Waals surface area contributed by atoms with Crippen molar-refractivity contribution in [3.8, 4) is 6.07 Å². The third-order valence-corrected chi connectivity index (χ3v) is 2.82. The molecular formula is C10H7ClF2N2. The summed E-state index contributed by atoms with van der Waals surface area (Å²) in [6.45, 7) is 0. The van der Waals surface area contributed by atoms with Crippen LogP contribution in [0.5, 0.6) is 0 Å². The van der Waals surface area contributed by atoms with Gasteiger partial charge >= 0.3 is 0 Å². The molecule has 1 atom stereocenters. The Morgan fingerprint density at radius 1 is 1.53 bits per heavy atom. The van der Waals surface area contributed by atoms with E-state index in [0.29, 0.717) is 0 Å². The first kappa shape index (κ1) is 10.3. The van der Waals surface area contributed by atoms with Crippen LogP contribution in [0.15, 0.2) is 6.20 Å². The molecule has 1 saturated carbocycles. The fourth-order valence-corrected chi connectivity index (χ4v) is 1.64. The molecule has 1 aromatic heterocycles. The fourth-order valence-electron chi connectivity index (χ4n) is 1.49. The number of pyridine rings is 1. The lowest BCUT2D eigenvalue weighted by Gasteiger charge is -2.08. The Balaban J connectivity index is 2.44. The fraction of sp³-hybridized carbons (Fsp3) is 0.400. The Morgan fingerprint density at radius 3 is 2.73 bits per heavy atom. The molecule has 1 heterocycles. The monoisotopic (exact) mass is 228 g/mol. The number of hydrogen-bond acceptors (Lipinski definition) is 2. The molecular weight excluding hydrogens is 222 g/mol. The maximum absolute atomic E-state index is 13.5. The Bertz CT molecular complexity index is 438. The molecule has 5 heteroatoms. The Kier molecular flexibility index (Phi) is 2.57. The van der Waals surface area contributed by atoms with Crippen LogP contribution in [0.1, 0.15) is 24.5 Å². The van der Waals surface area contributed by atoms with E-state index in [1.807, 2.05) is 6.07 Å².